The molecule has 12 heteroatoms. The Hall–Kier alpha value is -3.02. The summed E-state index contributed by atoms with van der Waals surface area (Å²) in [5.74, 6) is -1.20. The van der Waals surface area contributed by atoms with Crippen molar-refractivity contribution in [3.8, 4) is 0 Å². The lowest BCUT2D eigenvalue weighted by atomic mass is 10.3. The van der Waals surface area contributed by atoms with Crippen molar-refractivity contribution in [2.45, 2.75) is 25.0 Å². The second kappa shape index (κ2) is 6.30. The number of carbonyl (C=O) groups is 1. The molecule has 0 aliphatic carbocycles. The number of hydrogen-bond donors (Lipinski definition) is 1. The van der Waals surface area contributed by atoms with Gasteiger partial charge in [0, 0.05) is 18.0 Å². The zero-order valence-electron chi connectivity index (χ0n) is 13.9. The fraction of sp³-hybridized carbons (Fsp3) is 0.200. The zero-order valence-corrected chi connectivity index (χ0v) is 14.8. The number of aryl methyl sites for hydroxylation is 2. The maximum absolute atomic E-state index is 13.2. The van der Waals surface area contributed by atoms with E-state index in [2.05, 4.69) is 15.1 Å². The summed E-state index contributed by atoms with van der Waals surface area (Å²) < 4.78 is 66.3. The molecule has 0 bridgehead atoms. The summed E-state index contributed by atoms with van der Waals surface area (Å²) in [6.45, 7) is 2.84. The summed E-state index contributed by atoms with van der Waals surface area (Å²) in [7, 11) is -4.33. The van der Waals surface area contributed by atoms with Crippen molar-refractivity contribution in [3.63, 3.8) is 0 Å². The maximum Gasteiger partial charge on any atom is 0.433 e. The molecular formula is C15H12F3N5O3S. The van der Waals surface area contributed by atoms with Crippen molar-refractivity contribution in [2.75, 3.05) is 0 Å². The van der Waals surface area contributed by atoms with Crippen molar-refractivity contribution >= 4 is 21.6 Å². The molecule has 0 radical (unpaired) electrons. The fourth-order valence-corrected chi connectivity index (χ4v) is 3.53. The van der Waals surface area contributed by atoms with Crippen LogP contribution in [0, 0.1) is 13.8 Å². The lowest BCUT2D eigenvalue weighted by Gasteiger charge is -2.09. The van der Waals surface area contributed by atoms with Crippen LogP contribution in [0.25, 0.3) is 5.65 Å². The molecule has 0 aliphatic rings. The van der Waals surface area contributed by atoms with Gasteiger partial charge in [0.2, 0.25) is 0 Å². The Morgan fingerprint density at radius 1 is 1.22 bits per heavy atom. The molecule has 0 atom stereocenters. The van der Waals surface area contributed by atoms with Crippen LogP contribution in [0.1, 0.15) is 27.4 Å². The monoisotopic (exact) mass is 399 g/mol. The minimum atomic E-state index is -4.73. The van der Waals surface area contributed by atoms with Crippen LogP contribution in [-0.4, -0.2) is 33.9 Å². The number of halogens is 3. The molecule has 0 fully saturated rings. The van der Waals surface area contributed by atoms with Crippen molar-refractivity contribution in [2.24, 2.45) is 0 Å². The number of aromatic nitrogens is 4. The summed E-state index contributed by atoms with van der Waals surface area (Å²) in [5, 5.41) is 3.19. The van der Waals surface area contributed by atoms with Gasteiger partial charge in [0.25, 0.3) is 15.9 Å². The predicted octanol–water partition coefficient (Wildman–Crippen LogP) is 1.88. The molecule has 0 spiro atoms. The van der Waals surface area contributed by atoms with E-state index >= 15 is 0 Å². The highest BCUT2D eigenvalue weighted by Crippen LogP contribution is 2.29. The summed E-state index contributed by atoms with van der Waals surface area (Å²) in [5.41, 5.74) is -1.54. The van der Waals surface area contributed by atoms with Crippen LogP contribution in [-0.2, 0) is 16.2 Å². The topological polar surface area (TPSA) is 106 Å². The molecule has 0 aromatic carbocycles. The van der Waals surface area contributed by atoms with Gasteiger partial charge in [0.05, 0.1) is 0 Å². The number of fused-ring (bicyclic) bond motifs is 1. The molecule has 3 rings (SSSR count). The van der Waals surface area contributed by atoms with E-state index in [1.165, 1.54) is 32.2 Å². The molecule has 1 amide bonds. The number of nitrogens with zero attached hydrogens (tertiary/aromatic N) is 4. The summed E-state index contributed by atoms with van der Waals surface area (Å²) in [4.78, 5) is 19.8. The van der Waals surface area contributed by atoms with E-state index in [9.17, 15) is 26.4 Å². The Kier molecular flexibility index (Phi) is 4.38. The third-order valence-electron chi connectivity index (χ3n) is 3.52. The maximum atomic E-state index is 13.2. The Bertz CT molecular complexity index is 1160. The number of rotatable bonds is 3. The molecule has 27 heavy (non-hydrogen) atoms. The highest BCUT2D eigenvalue weighted by atomic mass is 32.2. The molecule has 142 valence electrons. The van der Waals surface area contributed by atoms with Gasteiger partial charge < -0.3 is 0 Å². The van der Waals surface area contributed by atoms with Crippen LogP contribution >= 0.6 is 0 Å². The highest BCUT2D eigenvalue weighted by molar-refractivity contribution is 7.90. The summed E-state index contributed by atoms with van der Waals surface area (Å²) in [6, 6.07) is 4.75. The Morgan fingerprint density at radius 2 is 1.93 bits per heavy atom. The van der Waals surface area contributed by atoms with Gasteiger partial charge in [-0.15, -0.1) is 0 Å². The average molecular weight is 399 g/mol. The standard InChI is InChI=1S/C15H12F3N5O3S/c1-8-4-3-5-19-14(8)27(25,26)22-13(24)10-7-12-20-9(2)6-11(15(16,17)18)23(12)21-10/h3-7H,1-2H3,(H,22,24). The number of alkyl halides is 3. The van der Waals surface area contributed by atoms with Crippen molar-refractivity contribution in [3.05, 3.63) is 53.1 Å². The van der Waals surface area contributed by atoms with Gasteiger partial charge in [-0.3, -0.25) is 4.79 Å². The minimum Gasteiger partial charge on any atom is -0.266 e. The third kappa shape index (κ3) is 3.60. The second-order valence-corrected chi connectivity index (χ2v) is 7.24. The number of amides is 1. The van der Waals surface area contributed by atoms with Crippen molar-refractivity contribution in [1.82, 2.24) is 24.3 Å². The minimum absolute atomic E-state index is 0.0680. The van der Waals surface area contributed by atoms with Crippen LogP contribution in [0.4, 0.5) is 13.2 Å². The van der Waals surface area contributed by atoms with Crippen LogP contribution < -0.4 is 4.72 Å². The molecule has 0 unspecified atom stereocenters. The van der Waals surface area contributed by atoms with Gasteiger partial charge in [0.1, 0.15) is 5.69 Å². The van der Waals surface area contributed by atoms with E-state index in [0.29, 0.717) is 10.1 Å². The Balaban J connectivity index is 2.01. The Labute approximate surface area is 151 Å². The van der Waals surface area contributed by atoms with E-state index in [4.69, 9.17) is 0 Å². The van der Waals surface area contributed by atoms with Gasteiger partial charge >= 0.3 is 6.18 Å². The molecule has 3 aromatic rings. The molecule has 0 aliphatic heterocycles. The van der Waals surface area contributed by atoms with E-state index in [-0.39, 0.29) is 16.4 Å². The smallest absolute Gasteiger partial charge is 0.266 e. The SMILES string of the molecule is Cc1cc(C(F)(F)F)n2nc(C(=O)NS(=O)(=O)c3ncccc3C)cc2n1. The van der Waals surface area contributed by atoms with Gasteiger partial charge in [0.15, 0.2) is 16.4 Å². The van der Waals surface area contributed by atoms with Gasteiger partial charge in [-0.2, -0.15) is 26.7 Å². The fourth-order valence-electron chi connectivity index (χ4n) is 2.39. The second-order valence-electron chi connectivity index (χ2n) is 5.64. The molecule has 3 aromatic heterocycles. The summed E-state index contributed by atoms with van der Waals surface area (Å²) in [6.07, 6.45) is -3.50. The van der Waals surface area contributed by atoms with E-state index in [0.717, 1.165) is 12.1 Å². The Morgan fingerprint density at radius 3 is 2.56 bits per heavy atom. The largest absolute Gasteiger partial charge is 0.433 e. The molecule has 1 N–H and O–H groups in total. The van der Waals surface area contributed by atoms with Crippen LogP contribution in [0.15, 0.2) is 35.5 Å². The van der Waals surface area contributed by atoms with Gasteiger partial charge in [-0.1, -0.05) is 6.07 Å². The number of hydrogen-bond acceptors (Lipinski definition) is 6. The number of pyridine rings is 1. The first-order valence-electron chi connectivity index (χ1n) is 7.42. The number of carbonyl (C=O) groups excluding carboxylic acids is 1. The van der Waals surface area contributed by atoms with E-state index in [1.807, 2.05) is 0 Å². The predicted molar refractivity (Wildman–Crippen MR) is 86.4 cm³/mol. The first-order valence-corrected chi connectivity index (χ1v) is 8.91. The van der Waals surface area contributed by atoms with E-state index < -0.39 is 33.5 Å². The number of nitrogens with one attached hydrogen (secondary N) is 1. The van der Waals surface area contributed by atoms with Crippen molar-refractivity contribution in [1.29, 1.82) is 0 Å². The third-order valence-corrected chi connectivity index (χ3v) is 4.91. The van der Waals surface area contributed by atoms with Crippen LogP contribution in [0.3, 0.4) is 0 Å². The normalized spacial score (nSPS) is 12.3. The zero-order chi connectivity index (χ0) is 20.0. The molecule has 0 saturated carbocycles. The molecule has 3 heterocycles. The molecular weight excluding hydrogens is 387 g/mol. The quantitative estimate of drug-likeness (QED) is 0.721. The first-order chi connectivity index (χ1) is 12.5. The lowest BCUT2D eigenvalue weighted by Crippen LogP contribution is -2.32. The number of sulfonamides is 1. The molecule has 0 saturated heterocycles. The van der Waals surface area contributed by atoms with Gasteiger partial charge in [-0.05, 0) is 31.5 Å². The lowest BCUT2D eigenvalue weighted by molar-refractivity contribution is -0.142. The molecule has 8 nitrogen and oxygen atoms in total. The summed E-state index contributed by atoms with van der Waals surface area (Å²) >= 11 is 0. The average Bonchev–Trinajstić information content (AvgIpc) is 2.96. The van der Waals surface area contributed by atoms with Gasteiger partial charge in [-0.25, -0.2) is 19.2 Å². The van der Waals surface area contributed by atoms with Crippen LogP contribution in [0.2, 0.25) is 0 Å². The first kappa shape index (κ1) is 18.8. The van der Waals surface area contributed by atoms with Crippen LogP contribution in [0.5, 0.6) is 0 Å². The van der Waals surface area contributed by atoms with E-state index in [1.54, 1.807) is 4.72 Å². The highest BCUT2D eigenvalue weighted by Gasteiger charge is 2.35. The van der Waals surface area contributed by atoms with Crippen molar-refractivity contribution < 1.29 is 26.4 Å².